The van der Waals surface area contributed by atoms with Crippen molar-refractivity contribution in [2.24, 2.45) is 0 Å². The topological polar surface area (TPSA) is 29.3 Å². The second-order valence-electron chi connectivity index (χ2n) is 2.32. The average molecular weight is 207 g/mol. The lowest BCUT2D eigenvalue weighted by Gasteiger charge is -1.97. The lowest BCUT2D eigenvalue weighted by atomic mass is 10.5. The Morgan fingerprint density at radius 2 is 1.80 bits per heavy atom. The predicted molar refractivity (Wildman–Crippen MR) is 67.4 cm³/mol. The number of imidazole rings is 1. The van der Waals surface area contributed by atoms with Gasteiger partial charge in [-0.3, -0.25) is 4.40 Å². The maximum absolute atomic E-state index is 4.19. The van der Waals surface area contributed by atoms with Crippen molar-refractivity contribution in [1.29, 1.82) is 0 Å². The summed E-state index contributed by atoms with van der Waals surface area (Å²) in [5.74, 6) is 1.01. The van der Waals surface area contributed by atoms with Crippen molar-refractivity contribution in [3.8, 4) is 0 Å². The zero-order valence-corrected chi connectivity index (χ0v) is 10.3. The summed E-state index contributed by atoms with van der Waals surface area (Å²) in [6.45, 7) is 8.00. The number of fused-ring (bicyclic) bond motifs is 1. The van der Waals surface area contributed by atoms with E-state index in [0.717, 1.165) is 11.5 Å². The third kappa shape index (κ3) is 3.27. The van der Waals surface area contributed by atoms with Gasteiger partial charge in [0.2, 0.25) is 0 Å². The van der Waals surface area contributed by atoms with Gasteiger partial charge in [-0.15, -0.1) is 0 Å². The van der Waals surface area contributed by atoms with E-state index < -0.39 is 0 Å². The Morgan fingerprint density at radius 3 is 2.40 bits per heavy atom. The van der Waals surface area contributed by atoms with E-state index in [2.05, 4.69) is 10.3 Å². The van der Waals surface area contributed by atoms with E-state index in [1.165, 1.54) is 0 Å². The highest BCUT2D eigenvalue weighted by Crippen LogP contribution is 2.09. The van der Waals surface area contributed by atoms with Crippen molar-refractivity contribution in [3.63, 3.8) is 0 Å². The van der Waals surface area contributed by atoms with E-state index in [-0.39, 0.29) is 0 Å². The molecule has 2 aromatic heterocycles. The molecule has 2 heterocycles. The smallest absolute Gasteiger partial charge is 0.138 e. The molecule has 0 aromatic carbocycles. The van der Waals surface area contributed by atoms with E-state index in [4.69, 9.17) is 0 Å². The molecule has 0 radical (unpaired) electrons. The molecule has 3 nitrogen and oxygen atoms in total. The molecule has 0 spiro atoms. The summed E-state index contributed by atoms with van der Waals surface area (Å²) < 4.78 is 2.00. The summed E-state index contributed by atoms with van der Waals surface area (Å²) >= 11 is 0. The van der Waals surface area contributed by atoms with Crippen molar-refractivity contribution >= 4 is 11.5 Å². The first-order valence-corrected chi connectivity index (χ1v) is 5.51. The van der Waals surface area contributed by atoms with Crippen LogP contribution in [0.2, 0.25) is 0 Å². The number of pyridine rings is 1. The van der Waals surface area contributed by atoms with Crippen LogP contribution in [0.3, 0.4) is 0 Å². The largest absolute Gasteiger partial charge is 0.373 e. The Kier molecular flexibility index (Phi) is 7.06. The standard InChI is InChI=1S/C8H9N3.2C2H6/c1-9-8-6-10-7-4-2-3-5-11(7)8;2*1-2/h2-6,9H,1H3;2*1-2H3. The Balaban J connectivity index is 0.000000442. The van der Waals surface area contributed by atoms with Gasteiger partial charge in [0.1, 0.15) is 11.5 Å². The molecule has 0 atom stereocenters. The molecule has 0 aliphatic heterocycles. The molecule has 2 rings (SSSR count). The number of hydrogen-bond acceptors (Lipinski definition) is 2. The van der Waals surface area contributed by atoms with Crippen LogP contribution in [0.4, 0.5) is 5.82 Å². The SMILES string of the molecule is CC.CC.CNc1cnc2ccccn12. The summed E-state index contributed by atoms with van der Waals surface area (Å²) in [6, 6.07) is 5.93. The number of hydrogen-bond donors (Lipinski definition) is 1. The van der Waals surface area contributed by atoms with Crippen LogP contribution in [-0.4, -0.2) is 16.4 Å². The van der Waals surface area contributed by atoms with Gasteiger partial charge < -0.3 is 5.32 Å². The van der Waals surface area contributed by atoms with Gasteiger partial charge in [-0.2, -0.15) is 0 Å². The minimum atomic E-state index is 0.969. The molecule has 15 heavy (non-hydrogen) atoms. The fraction of sp³-hybridized carbons (Fsp3) is 0.417. The Labute approximate surface area is 92.2 Å². The van der Waals surface area contributed by atoms with Gasteiger partial charge in [0.05, 0.1) is 6.20 Å². The normalized spacial score (nSPS) is 8.33. The summed E-state index contributed by atoms with van der Waals surface area (Å²) in [5, 5.41) is 3.05. The van der Waals surface area contributed by atoms with E-state index in [1.54, 1.807) is 0 Å². The van der Waals surface area contributed by atoms with Crippen molar-refractivity contribution in [2.75, 3.05) is 12.4 Å². The number of aromatic nitrogens is 2. The van der Waals surface area contributed by atoms with Gasteiger partial charge in [-0.1, -0.05) is 33.8 Å². The van der Waals surface area contributed by atoms with Crippen LogP contribution in [0.15, 0.2) is 30.6 Å². The van der Waals surface area contributed by atoms with Gasteiger partial charge in [0.15, 0.2) is 0 Å². The second-order valence-corrected chi connectivity index (χ2v) is 2.32. The lowest BCUT2D eigenvalue weighted by molar-refractivity contribution is 1.18. The molecule has 0 aliphatic carbocycles. The monoisotopic (exact) mass is 207 g/mol. The van der Waals surface area contributed by atoms with E-state index in [9.17, 15) is 0 Å². The molecule has 0 amide bonds. The maximum atomic E-state index is 4.19. The summed E-state index contributed by atoms with van der Waals surface area (Å²) in [4.78, 5) is 4.19. The van der Waals surface area contributed by atoms with Crippen LogP contribution < -0.4 is 5.32 Å². The van der Waals surface area contributed by atoms with Crippen molar-refractivity contribution in [3.05, 3.63) is 30.6 Å². The molecule has 0 saturated carbocycles. The Hall–Kier alpha value is -1.51. The highest BCUT2D eigenvalue weighted by Gasteiger charge is 1.96. The molecule has 2 aromatic rings. The van der Waals surface area contributed by atoms with Crippen molar-refractivity contribution in [1.82, 2.24) is 9.38 Å². The molecule has 0 saturated heterocycles. The highest BCUT2D eigenvalue weighted by molar-refractivity contribution is 5.49. The van der Waals surface area contributed by atoms with Crippen molar-refractivity contribution in [2.45, 2.75) is 27.7 Å². The van der Waals surface area contributed by atoms with Crippen LogP contribution >= 0.6 is 0 Å². The lowest BCUT2D eigenvalue weighted by Crippen LogP contribution is -1.92. The Morgan fingerprint density at radius 1 is 1.13 bits per heavy atom. The summed E-state index contributed by atoms with van der Waals surface area (Å²) in [5.41, 5.74) is 0.969. The maximum Gasteiger partial charge on any atom is 0.138 e. The second kappa shape index (κ2) is 7.85. The van der Waals surface area contributed by atoms with E-state index in [0.29, 0.717) is 0 Å². The van der Waals surface area contributed by atoms with Crippen LogP contribution in [0.1, 0.15) is 27.7 Å². The zero-order valence-electron chi connectivity index (χ0n) is 10.3. The predicted octanol–water partition coefficient (Wildman–Crippen LogP) is 3.43. The van der Waals surface area contributed by atoms with Crippen LogP contribution in [0.5, 0.6) is 0 Å². The van der Waals surface area contributed by atoms with Crippen molar-refractivity contribution < 1.29 is 0 Å². The number of rotatable bonds is 1. The fourth-order valence-corrected chi connectivity index (χ4v) is 1.12. The molecule has 0 fully saturated rings. The molecule has 3 heteroatoms. The molecule has 0 bridgehead atoms. The van der Waals surface area contributed by atoms with E-state index >= 15 is 0 Å². The Bertz CT molecular complexity index is 366. The van der Waals surface area contributed by atoms with Gasteiger partial charge in [-0.05, 0) is 12.1 Å². The quantitative estimate of drug-likeness (QED) is 0.776. The van der Waals surface area contributed by atoms with Crippen LogP contribution in [0.25, 0.3) is 5.65 Å². The molecule has 84 valence electrons. The molecular formula is C12H21N3. The number of nitrogens with zero attached hydrogens (tertiary/aromatic N) is 2. The first-order valence-electron chi connectivity index (χ1n) is 5.51. The minimum absolute atomic E-state index is 0.969. The number of nitrogens with one attached hydrogen (secondary N) is 1. The third-order valence-electron chi connectivity index (χ3n) is 1.67. The van der Waals surface area contributed by atoms with Gasteiger partial charge in [0, 0.05) is 13.2 Å². The highest BCUT2D eigenvalue weighted by atomic mass is 15.1. The molecule has 0 unspecified atom stereocenters. The first kappa shape index (κ1) is 13.5. The average Bonchev–Trinajstić information content (AvgIpc) is 2.77. The van der Waals surface area contributed by atoms with Crippen LogP contribution in [-0.2, 0) is 0 Å². The molecule has 1 N–H and O–H groups in total. The molecular weight excluding hydrogens is 186 g/mol. The van der Waals surface area contributed by atoms with Gasteiger partial charge >= 0.3 is 0 Å². The van der Waals surface area contributed by atoms with E-state index in [1.807, 2.05) is 69.7 Å². The molecule has 0 aliphatic rings. The first-order chi connectivity index (χ1) is 7.42. The zero-order chi connectivity index (χ0) is 11.7. The third-order valence-corrected chi connectivity index (χ3v) is 1.67. The summed E-state index contributed by atoms with van der Waals surface area (Å²) in [6.07, 6.45) is 3.80. The summed E-state index contributed by atoms with van der Waals surface area (Å²) in [7, 11) is 1.89. The van der Waals surface area contributed by atoms with Crippen LogP contribution in [0, 0.1) is 0 Å². The van der Waals surface area contributed by atoms with Gasteiger partial charge in [0.25, 0.3) is 0 Å². The van der Waals surface area contributed by atoms with Gasteiger partial charge in [-0.25, -0.2) is 4.98 Å². The fourth-order valence-electron chi connectivity index (χ4n) is 1.12. The number of anilines is 1. The minimum Gasteiger partial charge on any atom is -0.373 e.